The van der Waals surface area contributed by atoms with Crippen LogP contribution < -0.4 is 4.74 Å². The fraction of sp³-hybridized carbons (Fsp3) is 0.0500. The van der Waals surface area contributed by atoms with Gasteiger partial charge >= 0.3 is 0 Å². The molecule has 0 atom stereocenters. The lowest BCUT2D eigenvalue weighted by Gasteiger charge is -2.12. The Morgan fingerprint density at radius 2 is 1.88 bits per heavy atom. The van der Waals surface area contributed by atoms with Gasteiger partial charge < -0.3 is 9.84 Å². The number of hydrogen-bond donors (Lipinski definition) is 1. The van der Waals surface area contributed by atoms with Crippen LogP contribution in [0.2, 0.25) is 0 Å². The van der Waals surface area contributed by atoms with Crippen LogP contribution in [0.1, 0.15) is 15.9 Å². The van der Waals surface area contributed by atoms with Crippen LogP contribution in [0.25, 0.3) is 16.0 Å². The van der Waals surface area contributed by atoms with Crippen LogP contribution in [-0.4, -0.2) is 18.0 Å². The Kier molecular flexibility index (Phi) is 4.49. The van der Waals surface area contributed by atoms with Crippen molar-refractivity contribution in [2.24, 2.45) is 0 Å². The van der Waals surface area contributed by atoms with Crippen molar-refractivity contribution in [3.63, 3.8) is 0 Å². The number of rotatable bonds is 5. The molecule has 0 saturated carbocycles. The second-order valence-corrected chi connectivity index (χ2v) is 6.19. The van der Waals surface area contributed by atoms with Gasteiger partial charge in [-0.15, -0.1) is 11.3 Å². The third kappa shape index (κ3) is 3.09. The van der Waals surface area contributed by atoms with Crippen LogP contribution in [0.5, 0.6) is 11.5 Å². The third-order valence-electron chi connectivity index (χ3n) is 3.73. The molecule has 4 heteroatoms. The Bertz CT molecular complexity index is 878. The van der Waals surface area contributed by atoms with Gasteiger partial charge in [0, 0.05) is 21.6 Å². The van der Waals surface area contributed by atoms with E-state index in [-0.39, 0.29) is 11.5 Å². The molecule has 3 aromatic rings. The monoisotopic (exact) mass is 336 g/mol. The molecule has 3 rings (SSSR count). The first-order valence-electron chi connectivity index (χ1n) is 7.35. The molecular formula is C20H16O3S. The molecule has 120 valence electrons. The molecule has 0 aliphatic heterocycles. The van der Waals surface area contributed by atoms with Gasteiger partial charge in [0.05, 0.1) is 7.11 Å². The van der Waals surface area contributed by atoms with Gasteiger partial charge in [-0.25, -0.2) is 0 Å². The van der Waals surface area contributed by atoms with Crippen molar-refractivity contribution >= 4 is 22.7 Å². The number of methoxy groups -OCH3 is 1. The number of phenols is 1. The number of carbonyl (C=O) groups is 1. The smallest absolute Gasteiger partial charge is 0.193 e. The topological polar surface area (TPSA) is 46.5 Å². The van der Waals surface area contributed by atoms with E-state index in [1.807, 2.05) is 35.7 Å². The molecular weight excluding hydrogens is 320 g/mol. The minimum atomic E-state index is -0.198. The second-order valence-electron chi connectivity index (χ2n) is 5.25. The highest BCUT2D eigenvalue weighted by molar-refractivity contribution is 7.13. The number of ether oxygens (including phenoxy) is 1. The van der Waals surface area contributed by atoms with Crippen molar-refractivity contribution < 1.29 is 14.6 Å². The summed E-state index contributed by atoms with van der Waals surface area (Å²) in [5, 5.41) is 11.4. The van der Waals surface area contributed by atoms with E-state index in [9.17, 15) is 9.90 Å². The Hall–Kier alpha value is -2.85. The van der Waals surface area contributed by atoms with Gasteiger partial charge in [-0.2, -0.15) is 0 Å². The molecule has 1 heterocycles. The summed E-state index contributed by atoms with van der Waals surface area (Å²) in [5.74, 6) is 0.526. The average molecular weight is 336 g/mol. The molecule has 0 spiro atoms. The fourth-order valence-corrected chi connectivity index (χ4v) is 3.17. The minimum Gasteiger partial charge on any atom is -0.508 e. The number of hydrogen-bond acceptors (Lipinski definition) is 4. The summed E-state index contributed by atoms with van der Waals surface area (Å²) in [6.07, 6.45) is 0. The predicted molar refractivity (Wildman–Crippen MR) is 97.8 cm³/mol. The molecule has 0 unspecified atom stereocenters. The highest BCUT2D eigenvalue weighted by Gasteiger charge is 2.17. The zero-order valence-corrected chi connectivity index (χ0v) is 14.0. The number of thiophene rings is 1. The van der Waals surface area contributed by atoms with Crippen LogP contribution >= 0.6 is 11.3 Å². The molecule has 2 aromatic carbocycles. The third-order valence-corrected chi connectivity index (χ3v) is 4.65. The summed E-state index contributed by atoms with van der Waals surface area (Å²) < 4.78 is 5.39. The van der Waals surface area contributed by atoms with E-state index < -0.39 is 0 Å². The summed E-state index contributed by atoms with van der Waals surface area (Å²) >= 11 is 1.63. The van der Waals surface area contributed by atoms with Crippen LogP contribution in [0, 0.1) is 0 Å². The zero-order valence-electron chi connectivity index (χ0n) is 13.2. The lowest BCUT2D eigenvalue weighted by atomic mass is 9.95. The summed E-state index contributed by atoms with van der Waals surface area (Å²) in [5.41, 5.74) is 2.51. The summed E-state index contributed by atoms with van der Waals surface area (Å²) in [4.78, 5) is 13.8. The number of benzene rings is 2. The lowest BCUT2D eigenvalue weighted by Crippen LogP contribution is -2.03. The molecule has 1 aromatic heterocycles. The standard InChI is InChI=1S/C20H16O3S/c1-13(20(22)14-5-8-16(21)9-6-14)17-12-15(7-10-18(17)23-2)19-4-3-11-24-19/h3-12,21H,1H2,2H3. The van der Waals surface area contributed by atoms with E-state index in [4.69, 9.17) is 4.74 Å². The van der Waals surface area contributed by atoms with Crippen LogP contribution in [0.4, 0.5) is 0 Å². The van der Waals surface area contributed by atoms with Crippen molar-refractivity contribution in [2.45, 2.75) is 0 Å². The Balaban J connectivity index is 2.00. The Morgan fingerprint density at radius 3 is 2.50 bits per heavy atom. The van der Waals surface area contributed by atoms with Crippen molar-refractivity contribution in [1.82, 2.24) is 0 Å². The number of Topliss-reactive ketones (excluding diaryl/α,β-unsaturated/α-hetero) is 1. The molecule has 0 amide bonds. The van der Waals surface area contributed by atoms with Gasteiger partial charge in [-0.3, -0.25) is 4.79 Å². The van der Waals surface area contributed by atoms with Crippen LogP contribution in [-0.2, 0) is 0 Å². The van der Waals surface area contributed by atoms with Crippen molar-refractivity contribution in [2.75, 3.05) is 7.11 Å². The maximum Gasteiger partial charge on any atom is 0.193 e. The highest BCUT2D eigenvalue weighted by Crippen LogP contribution is 2.34. The minimum absolute atomic E-state index is 0.120. The Morgan fingerprint density at radius 1 is 1.12 bits per heavy atom. The van der Waals surface area contributed by atoms with Gasteiger partial charge in [0.15, 0.2) is 5.78 Å². The summed E-state index contributed by atoms with van der Waals surface area (Å²) in [6.45, 7) is 3.97. The molecule has 0 aliphatic rings. The van der Waals surface area contributed by atoms with Crippen molar-refractivity contribution in [3.8, 4) is 21.9 Å². The fourth-order valence-electron chi connectivity index (χ4n) is 2.45. The maximum atomic E-state index is 12.7. The van der Waals surface area contributed by atoms with Crippen molar-refractivity contribution in [1.29, 1.82) is 0 Å². The molecule has 0 radical (unpaired) electrons. The summed E-state index contributed by atoms with van der Waals surface area (Å²) in [6, 6.07) is 15.9. The molecule has 0 fully saturated rings. The van der Waals surface area contributed by atoms with Crippen molar-refractivity contribution in [3.05, 3.63) is 77.7 Å². The molecule has 1 N–H and O–H groups in total. The second kappa shape index (κ2) is 6.72. The molecule has 0 saturated heterocycles. The molecule has 0 aliphatic carbocycles. The van der Waals surface area contributed by atoms with E-state index in [1.54, 1.807) is 30.6 Å². The first kappa shape index (κ1) is 16.0. The molecule has 24 heavy (non-hydrogen) atoms. The normalized spacial score (nSPS) is 10.4. The van der Waals surface area contributed by atoms with E-state index in [2.05, 4.69) is 6.58 Å². The number of aromatic hydroxyl groups is 1. The van der Waals surface area contributed by atoms with E-state index >= 15 is 0 Å². The number of carbonyl (C=O) groups excluding carboxylic acids is 1. The average Bonchev–Trinajstić information content (AvgIpc) is 3.15. The first-order chi connectivity index (χ1) is 11.6. The largest absolute Gasteiger partial charge is 0.508 e. The van der Waals surface area contributed by atoms with E-state index in [0.29, 0.717) is 22.4 Å². The zero-order chi connectivity index (χ0) is 17.1. The SMILES string of the molecule is C=C(C(=O)c1ccc(O)cc1)c1cc(-c2cccs2)ccc1OC. The quantitative estimate of drug-likeness (QED) is 0.525. The van der Waals surface area contributed by atoms with E-state index in [1.165, 1.54) is 12.1 Å². The van der Waals surface area contributed by atoms with Gasteiger partial charge in [0.1, 0.15) is 11.5 Å². The van der Waals surface area contributed by atoms with Gasteiger partial charge in [0.2, 0.25) is 0 Å². The maximum absolute atomic E-state index is 12.7. The summed E-state index contributed by atoms with van der Waals surface area (Å²) in [7, 11) is 1.57. The number of allylic oxidation sites excluding steroid dienone is 1. The predicted octanol–water partition coefficient (Wildman–Crippen LogP) is 5.03. The Labute approximate surface area is 144 Å². The van der Waals surface area contributed by atoms with Gasteiger partial charge in [-0.05, 0) is 59.5 Å². The van der Waals surface area contributed by atoms with E-state index in [0.717, 1.165) is 10.4 Å². The number of phenolic OH excluding ortho intramolecular Hbond substituents is 1. The van der Waals surface area contributed by atoms with Crippen LogP contribution in [0.3, 0.4) is 0 Å². The van der Waals surface area contributed by atoms with Gasteiger partial charge in [0.25, 0.3) is 0 Å². The number of ketones is 1. The first-order valence-corrected chi connectivity index (χ1v) is 8.23. The van der Waals surface area contributed by atoms with Gasteiger partial charge in [-0.1, -0.05) is 12.6 Å². The highest BCUT2D eigenvalue weighted by atomic mass is 32.1. The lowest BCUT2D eigenvalue weighted by molar-refractivity contribution is 0.105. The van der Waals surface area contributed by atoms with Crippen LogP contribution in [0.15, 0.2) is 66.6 Å². The molecule has 0 bridgehead atoms. The molecule has 3 nitrogen and oxygen atoms in total.